The molecule has 1 aliphatic heterocycles. The lowest BCUT2D eigenvalue weighted by molar-refractivity contribution is -0.141. The first-order valence-electron chi connectivity index (χ1n) is 7.24. The van der Waals surface area contributed by atoms with E-state index in [0.29, 0.717) is 18.8 Å². The van der Waals surface area contributed by atoms with Crippen LogP contribution in [0.2, 0.25) is 0 Å². The molecule has 1 aromatic carbocycles. The van der Waals surface area contributed by atoms with Gasteiger partial charge in [0.1, 0.15) is 18.4 Å². The highest BCUT2D eigenvalue weighted by atomic mass is 19.1. The van der Waals surface area contributed by atoms with Crippen molar-refractivity contribution in [1.82, 2.24) is 4.90 Å². The second-order valence-corrected chi connectivity index (χ2v) is 5.52. The van der Waals surface area contributed by atoms with E-state index in [-0.39, 0.29) is 30.2 Å². The van der Waals surface area contributed by atoms with Gasteiger partial charge in [0.25, 0.3) is 0 Å². The fraction of sp³-hybridized carbons (Fsp3) is 0.438. The molecule has 0 aliphatic carbocycles. The van der Waals surface area contributed by atoms with Crippen molar-refractivity contribution in [3.63, 3.8) is 0 Å². The van der Waals surface area contributed by atoms with E-state index in [4.69, 9.17) is 10.00 Å². The fourth-order valence-electron chi connectivity index (χ4n) is 2.57. The Balaban J connectivity index is 2.12. The van der Waals surface area contributed by atoms with Crippen LogP contribution >= 0.6 is 0 Å². The van der Waals surface area contributed by atoms with Crippen LogP contribution in [0.1, 0.15) is 19.4 Å². The number of hydrogen-bond donors (Lipinski definition) is 0. The number of halogens is 1. The zero-order chi connectivity index (χ0) is 17.0. The number of carbonyl (C=O) groups excluding carboxylic acids is 1. The van der Waals surface area contributed by atoms with Crippen molar-refractivity contribution >= 4 is 11.6 Å². The van der Waals surface area contributed by atoms with E-state index >= 15 is 0 Å². The van der Waals surface area contributed by atoms with E-state index in [1.54, 1.807) is 11.0 Å². The zero-order valence-electron chi connectivity index (χ0n) is 13.0. The number of ether oxygens (including phenoxy) is 1. The summed E-state index contributed by atoms with van der Waals surface area (Å²) in [5.41, 5.74) is 0.150. The standard InChI is InChI=1S/C16H17FN4O2/c1-11-7-20(8-12(2)23-11)16(22)9-21(10-19)14-3-4-15(17)13(5-14)6-18/h3-5,11-12H,7-9H2,1-2H3/t11-,12-/m0/s1. The maximum atomic E-state index is 13.4. The molecule has 1 fully saturated rings. The van der Waals surface area contributed by atoms with Crippen LogP contribution in [0.3, 0.4) is 0 Å². The predicted octanol–water partition coefficient (Wildman–Crippen LogP) is 1.62. The highest BCUT2D eigenvalue weighted by molar-refractivity contribution is 5.82. The Hall–Kier alpha value is -2.64. The Bertz CT molecular complexity index is 670. The molecule has 2 atom stereocenters. The first-order valence-corrected chi connectivity index (χ1v) is 7.24. The molecule has 1 aromatic rings. The molecule has 0 spiro atoms. The Labute approximate surface area is 134 Å². The first-order chi connectivity index (χ1) is 10.9. The SMILES string of the molecule is C[C@H]1CN(C(=O)CN(C#N)c2ccc(F)c(C#N)c2)C[C@H](C)O1. The summed E-state index contributed by atoms with van der Waals surface area (Å²) in [6, 6.07) is 5.47. The lowest BCUT2D eigenvalue weighted by Gasteiger charge is -2.35. The van der Waals surface area contributed by atoms with Gasteiger partial charge in [-0.15, -0.1) is 0 Å². The summed E-state index contributed by atoms with van der Waals surface area (Å²) in [4.78, 5) is 15.2. The highest BCUT2D eigenvalue weighted by Crippen LogP contribution is 2.19. The summed E-state index contributed by atoms with van der Waals surface area (Å²) >= 11 is 0. The zero-order valence-corrected chi connectivity index (χ0v) is 13.0. The minimum atomic E-state index is -0.656. The van der Waals surface area contributed by atoms with Gasteiger partial charge in [-0.3, -0.25) is 9.69 Å². The lowest BCUT2D eigenvalue weighted by atomic mass is 10.2. The van der Waals surface area contributed by atoms with Crippen LogP contribution in [0, 0.1) is 28.6 Å². The van der Waals surface area contributed by atoms with E-state index in [0.717, 1.165) is 11.0 Å². The minimum Gasteiger partial charge on any atom is -0.372 e. The van der Waals surface area contributed by atoms with Gasteiger partial charge in [0, 0.05) is 13.1 Å². The second-order valence-electron chi connectivity index (χ2n) is 5.52. The smallest absolute Gasteiger partial charge is 0.243 e. The lowest BCUT2D eigenvalue weighted by Crippen LogP contribution is -2.50. The topological polar surface area (TPSA) is 80.4 Å². The van der Waals surface area contributed by atoms with Crippen LogP contribution in [0.25, 0.3) is 0 Å². The maximum Gasteiger partial charge on any atom is 0.243 e. The van der Waals surface area contributed by atoms with Crippen molar-refractivity contribution in [3.05, 3.63) is 29.6 Å². The highest BCUT2D eigenvalue weighted by Gasteiger charge is 2.27. The summed E-state index contributed by atoms with van der Waals surface area (Å²) in [5.74, 6) is -0.868. The number of nitriles is 2. The molecular formula is C16H17FN4O2. The Morgan fingerprint density at radius 3 is 2.61 bits per heavy atom. The summed E-state index contributed by atoms with van der Waals surface area (Å²) < 4.78 is 18.9. The van der Waals surface area contributed by atoms with Crippen LogP contribution < -0.4 is 4.90 Å². The molecule has 0 bridgehead atoms. The average molecular weight is 316 g/mol. The molecule has 0 saturated carbocycles. The summed E-state index contributed by atoms with van der Waals surface area (Å²) in [7, 11) is 0. The van der Waals surface area contributed by atoms with Crippen LogP contribution in [0.5, 0.6) is 0 Å². The number of nitrogens with zero attached hydrogens (tertiary/aromatic N) is 4. The van der Waals surface area contributed by atoms with Crippen molar-refractivity contribution < 1.29 is 13.9 Å². The molecule has 1 saturated heterocycles. The molecule has 23 heavy (non-hydrogen) atoms. The van der Waals surface area contributed by atoms with Crippen molar-refractivity contribution in [3.8, 4) is 12.3 Å². The van der Waals surface area contributed by atoms with E-state index in [1.807, 2.05) is 20.0 Å². The number of carbonyl (C=O) groups is 1. The summed E-state index contributed by atoms with van der Waals surface area (Å²) in [6.07, 6.45) is 1.78. The van der Waals surface area contributed by atoms with Crippen LogP contribution in [-0.2, 0) is 9.53 Å². The van der Waals surface area contributed by atoms with Gasteiger partial charge >= 0.3 is 0 Å². The van der Waals surface area contributed by atoms with Crippen LogP contribution in [0.4, 0.5) is 10.1 Å². The molecule has 0 radical (unpaired) electrons. The third-order valence-corrected chi connectivity index (χ3v) is 3.57. The Morgan fingerprint density at radius 2 is 2.04 bits per heavy atom. The number of morpholine rings is 1. The van der Waals surface area contributed by atoms with Crippen molar-refractivity contribution in [2.75, 3.05) is 24.5 Å². The van der Waals surface area contributed by atoms with Crippen molar-refractivity contribution in [2.45, 2.75) is 26.1 Å². The van der Waals surface area contributed by atoms with Crippen molar-refractivity contribution in [2.24, 2.45) is 0 Å². The fourth-order valence-corrected chi connectivity index (χ4v) is 2.57. The Kier molecular flexibility index (Phi) is 5.15. The van der Waals surface area contributed by atoms with E-state index in [1.165, 1.54) is 12.1 Å². The van der Waals surface area contributed by atoms with E-state index in [9.17, 15) is 14.4 Å². The summed E-state index contributed by atoms with van der Waals surface area (Å²) in [5, 5.41) is 18.1. The third kappa shape index (κ3) is 3.97. The van der Waals surface area contributed by atoms with Gasteiger partial charge in [-0.25, -0.2) is 4.39 Å². The molecule has 7 heteroatoms. The number of rotatable bonds is 3. The van der Waals surface area contributed by atoms with Gasteiger partial charge in [-0.1, -0.05) is 0 Å². The molecule has 1 heterocycles. The maximum absolute atomic E-state index is 13.4. The van der Waals surface area contributed by atoms with Gasteiger partial charge in [0.05, 0.1) is 23.5 Å². The van der Waals surface area contributed by atoms with Crippen molar-refractivity contribution in [1.29, 1.82) is 10.5 Å². The quantitative estimate of drug-likeness (QED) is 0.625. The predicted molar refractivity (Wildman–Crippen MR) is 80.7 cm³/mol. The van der Waals surface area contributed by atoms with E-state index in [2.05, 4.69) is 0 Å². The molecule has 0 unspecified atom stereocenters. The first kappa shape index (κ1) is 16.7. The van der Waals surface area contributed by atoms with Gasteiger partial charge in [-0.2, -0.15) is 10.5 Å². The molecule has 0 N–H and O–H groups in total. The second kappa shape index (κ2) is 7.08. The van der Waals surface area contributed by atoms with Gasteiger partial charge < -0.3 is 9.64 Å². The molecule has 2 rings (SSSR count). The monoisotopic (exact) mass is 316 g/mol. The number of hydrogen-bond acceptors (Lipinski definition) is 5. The van der Waals surface area contributed by atoms with Crippen LogP contribution in [0.15, 0.2) is 18.2 Å². The van der Waals surface area contributed by atoms with Gasteiger partial charge in [0.15, 0.2) is 6.19 Å². The number of anilines is 1. The molecule has 1 amide bonds. The average Bonchev–Trinajstić information content (AvgIpc) is 2.52. The number of amides is 1. The normalized spacial score (nSPS) is 20.5. The molecule has 0 aromatic heterocycles. The van der Waals surface area contributed by atoms with Gasteiger partial charge in [0.2, 0.25) is 5.91 Å². The van der Waals surface area contributed by atoms with E-state index < -0.39 is 5.82 Å². The minimum absolute atomic E-state index is 0.0609. The Morgan fingerprint density at radius 1 is 1.39 bits per heavy atom. The van der Waals surface area contributed by atoms with Crippen LogP contribution in [-0.4, -0.2) is 42.6 Å². The third-order valence-electron chi connectivity index (χ3n) is 3.57. The van der Waals surface area contributed by atoms with Gasteiger partial charge in [-0.05, 0) is 32.0 Å². The molecule has 1 aliphatic rings. The molecular weight excluding hydrogens is 299 g/mol. The molecule has 6 nitrogen and oxygen atoms in total. The summed E-state index contributed by atoms with van der Waals surface area (Å²) in [6.45, 7) is 4.55. The largest absolute Gasteiger partial charge is 0.372 e. The molecule has 120 valence electrons. The number of benzene rings is 1.